The van der Waals surface area contributed by atoms with Gasteiger partial charge in [-0.05, 0) is 44.5 Å². The van der Waals surface area contributed by atoms with Crippen LogP contribution in [0.25, 0.3) is 21.8 Å². The molecule has 0 saturated carbocycles. The SMILES string of the molecule is COc1ccc(Cc2nc3c(c4c5ccccc5n(C(=O)OC(C)(C)C)c24)CC(O)CN3C)cc1F. The maximum absolute atomic E-state index is 14.5. The van der Waals surface area contributed by atoms with Crippen LogP contribution in [0.4, 0.5) is 15.0 Å². The van der Waals surface area contributed by atoms with Gasteiger partial charge in [-0.1, -0.05) is 24.3 Å². The van der Waals surface area contributed by atoms with Gasteiger partial charge in [0.2, 0.25) is 0 Å². The Bertz CT molecular complexity index is 1490. The number of carbonyl (C=O) groups is 1. The van der Waals surface area contributed by atoms with Crippen LogP contribution in [0.2, 0.25) is 0 Å². The molecule has 0 spiro atoms. The number of aliphatic hydroxyl groups excluding tert-OH is 1. The summed E-state index contributed by atoms with van der Waals surface area (Å²) < 4.78 is 27.0. The molecule has 8 heteroatoms. The molecule has 2 aromatic heterocycles. The smallest absolute Gasteiger partial charge is 0.419 e. The summed E-state index contributed by atoms with van der Waals surface area (Å²) in [7, 11) is 3.32. The number of rotatable bonds is 3. The van der Waals surface area contributed by atoms with Gasteiger partial charge in [-0.15, -0.1) is 0 Å². The Labute approximate surface area is 209 Å². The molecule has 1 aliphatic rings. The summed E-state index contributed by atoms with van der Waals surface area (Å²) >= 11 is 0. The van der Waals surface area contributed by atoms with E-state index in [1.807, 2.05) is 57.0 Å². The van der Waals surface area contributed by atoms with Crippen LogP contribution in [0.1, 0.15) is 37.6 Å². The van der Waals surface area contributed by atoms with Gasteiger partial charge in [-0.3, -0.25) is 0 Å². The molecule has 0 saturated heterocycles. The summed E-state index contributed by atoms with van der Waals surface area (Å²) in [6, 6.07) is 12.5. The standard InChI is InChI=1S/C28H30FN3O4/c1-28(2,3)36-27(34)32-22-9-7-6-8-18(22)24-19-14-17(33)15-31(4)26(19)30-21(25(24)32)13-16-10-11-23(35-5)20(29)12-16/h6-12,17,33H,13-15H2,1-5H3. The van der Waals surface area contributed by atoms with E-state index in [1.54, 1.807) is 16.7 Å². The fraction of sp³-hybridized carbons (Fsp3) is 0.357. The van der Waals surface area contributed by atoms with Crippen LogP contribution in [0, 0.1) is 5.82 Å². The van der Waals surface area contributed by atoms with Crippen molar-refractivity contribution in [1.29, 1.82) is 0 Å². The van der Waals surface area contributed by atoms with Crippen molar-refractivity contribution in [2.75, 3.05) is 25.6 Å². The van der Waals surface area contributed by atoms with Crippen molar-refractivity contribution in [2.24, 2.45) is 0 Å². The molecule has 188 valence electrons. The normalized spacial score (nSPS) is 15.9. The Kier molecular flexibility index (Phi) is 5.87. The molecule has 1 N–H and O–H groups in total. The van der Waals surface area contributed by atoms with E-state index in [0.29, 0.717) is 41.7 Å². The Balaban J connectivity index is 1.83. The van der Waals surface area contributed by atoms with E-state index in [2.05, 4.69) is 0 Å². The minimum atomic E-state index is -0.702. The Morgan fingerprint density at radius 2 is 1.97 bits per heavy atom. The molecule has 0 amide bonds. The molecule has 4 aromatic rings. The highest BCUT2D eigenvalue weighted by Crippen LogP contribution is 2.40. The summed E-state index contributed by atoms with van der Waals surface area (Å²) in [6.45, 7) is 5.93. The van der Waals surface area contributed by atoms with E-state index in [1.165, 1.54) is 13.2 Å². The molecule has 36 heavy (non-hydrogen) atoms. The minimum Gasteiger partial charge on any atom is -0.494 e. The number of β-amino-alcohol motifs (C(OH)–C–C–N with tert-alkyl or cyclic N) is 1. The monoisotopic (exact) mass is 491 g/mol. The third-order valence-corrected chi connectivity index (χ3v) is 6.41. The maximum atomic E-state index is 14.5. The van der Waals surface area contributed by atoms with Gasteiger partial charge in [-0.2, -0.15) is 0 Å². The fourth-order valence-electron chi connectivity index (χ4n) is 5.02. The first-order valence-corrected chi connectivity index (χ1v) is 12.0. The number of aliphatic hydroxyl groups is 1. The molecule has 3 heterocycles. The third-order valence-electron chi connectivity index (χ3n) is 6.41. The average Bonchev–Trinajstić information content (AvgIpc) is 3.15. The van der Waals surface area contributed by atoms with Gasteiger partial charge in [0.05, 0.1) is 29.9 Å². The molecule has 0 aliphatic carbocycles. The molecule has 0 bridgehead atoms. The van der Waals surface area contributed by atoms with E-state index in [4.69, 9.17) is 14.5 Å². The number of benzene rings is 2. The van der Waals surface area contributed by atoms with Crippen molar-refractivity contribution in [3.8, 4) is 5.75 Å². The Morgan fingerprint density at radius 3 is 2.67 bits per heavy atom. The number of methoxy groups -OCH3 is 1. The number of anilines is 1. The van der Waals surface area contributed by atoms with Crippen molar-refractivity contribution >= 4 is 33.7 Å². The van der Waals surface area contributed by atoms with Crippen LogP contribution in [0.5, 0.6) is 5.75 Å². The van der Waals surface area contributed by atoms with Crippen molar-refractivity contribution < 1.29 is 23.8 Å². The molecule has 1 aliphatic heterocycles. The fourth-order valence-corrected chi connectivity index (χ4v) is 5.02. The average molecular weight is 492 g/mol. The summed E-state index contributed by atoms with van der Waals surface area (Å²) in [5.41, 5.74) is 2.81. The number of halogens is 1. The van der Waals surface area contributed by atoms with Crippen molar-refractivity contribution in [1.82, 2.24) is 9.55 Å². The second-order valence-electron chi connectivity index (χ2n) is 10.3. The first kappa shape index (κ1) is 24.1. The number of hydrogen-bond donors (Lipinski definition) is 1. The van der Waals surface area contributed by atoms with E-state index >= 15 is 0 Å². The molecule has 7 nitrogen and oxygen atoms in total. The number of carbonyl (C=O) groups excluding carboxylic acids is 1. The number of aromatic nitrogens is 2. The largest absolute Gasteiger partial charge is 0.494 e. The zero-order chi connectivity index (χ0) is 25.8. The van der Waals surface area contributed by atoms with Crippen LogP contribution < -0.4 is 9.64 Å². The van der Waals surface area contributed by atoms with Gasteiger partial charge in [0.25, 0.3) is 0 Å². The molecular weight excluding hydrogens is 461 g/mol. The number of pyridine rings is 1. The summed E-state index contributed by atoms with van der Waals surface area (Å²) in [4.78, 5) is 20.5. The van der Waals surface area contributed by atoms with E-state index in [0.717, 1.165) is 22.2 Å². The van der Waals surface area contributed by atoms with Crippen LogP contribution >= 0.6 is 0 Å². The van der Waals surface area contributed by atoms with E-state index < -0.39 is 23.6 Å². The van der Waals surface area contributed by atoms with Gasteiger partial charge >= 0.3 is 6.09 Å². The summed E-state index contributed by atoms with van der Waals surface area (Å²) in [5.74, 6) is 0.458. The molecular formula is C28H30FN3O4. The highest BCUT2D eigenvalue weighted by molar-refractivity contribution is 6.15. The first-order valence-electron chi connectivity index (χ1n) is 12.0. The van der Waals surface area contributed by atoms with Gasteiger partial charge in [0.1, 0.15) is 11.4 Å². The molecule has 2 aromatic carbocycles. The summed E-state index contributed by atoms with van der Waals surface area (Å²) in [5, 5.41) is 12.3. The van der Waals surface area contributed by atoms with Crippen molar-refractivity contribution in [2.45, 2.75) is 45.3 Å². The highest BCUT2D eigenvalue weighted by atomic mass is 19.1. The maximum Gasteiger partial charge on any atom is 0.419 e. The lowest BCUT2D eigenvalue weighted by Gasteiger charge is -2.31. The van der Waals surface area contributed by atoms with Gasteiger partial charge in [0.15, 0.2) is 11.6 Å². The van der Waals surface area contributed by atoms with E-state index in [9.17, 15) is 14.3 Å². The zero-order valence-electron chi connectivity index (χ0n) is 21.1. The molecule has 1 atom stereocenters. The molecule has 0 radical (unpaired) electrons. The molecule has 1 unspecified atom stereocenters. The number of nitrogens with zero attached hydrogens (tertiary/aromatic N) is 3. The predicted octanol–water partition coefficient (Wildman–Crippen LogP) is 5.06. The van der Waals surface area contributed by atoms with Crippen LogP contribution in [0.3, 0.4) is 0 Å². The summed E-state index contributed by atoms with van der Waals surface area (Å²) in [6.07, 6.45) is -0.358. The molecule has 0 fully saturated rings. The van der Waals surface area contributed by atoms with Gasteiger partial charge in [-0.25, -0.2) is 18.7 Å². The van der Waals surface area contributed by atoms with Gasteiger partial charge in [0, 0.05) is 42.8 Å². The lowest BCUT2D eigenvalue weighted by molar-refractivity contribution is 0.0551. The number of para-hydroxylation sites is 1. The lowest BCUT2D eigenvalue weighted by Crippen LogP contribution is -2.36. The van der Waals surface area contributed by atoms with Gasteiger partial charge < -0.3 is 19.5 Å². The second-order valence-corrected chi connectivity index (χ2v) is 10.3. The Hall–Kier alpha value is -3.65. The quantitative estimate of drug-likeness (QED) is 0.432. The van der Waals surface area contributed by atoms with Crippen molar-refractivity contribution in [3.63, 3.8) is 0 Å². The van der Waals surface area contributed by atoms with Crippen LogP contribution in [-0.4, -0.2) is 53.2 Å². The van der Waals surface area contributed by atoms with E-state index in [-0.39, 0.29) is 5.75 Å². The lowest BCUT2D eigenvalue weighted by atomic mass is 9.96. The number of ether oxygens (including phenoxy) is 2. The molecule has 5 rings (SSSR count). The Morgan fingerprint density at radius 1 is 1.22 bits per heavy atom. The highest BCUT2D eigenvalue weighted by Gasteiger charge is 2.31. The minimum absolute atomic E-state index is 0.166. The number of hydrogen-bond acceptors (Lipinski definition) is 6. The number of fused-ring (bicyclic) bond motifs is 5. The van der Waals surface area contributed by atoms with Crippen LogP contribution in [-0.2, 0) is 17.6 Å². The topological polar surface area (TPSA) is 76.8 Å². The van der Waals surface area contributed by atoms with Crippen LogP contribution in [0.15, 0.2) is 42.5 Å². The predicted molar refractivity (Wildman–Crippen MR) is 138 cm³/mol. The zero-order valence-corrected chi connectivity index (χ0v) is 21.1. The van der Waals surface area contributed by atoms with Crippen molar-refractivity contribution in [3.05, 3.63) is 65.1 Å². The second kappa shape index (κ2) is 8.78. The number of likely N-dealkylation sites (N-methyl/N-ethyl adjacent to an activating group) is 1. The third kappa shape index (κ3) is 4.15. The first-order chi connectivity index (χ1) is 17.1.